The number of anilines is 1. The summed E-state index contributed by atoms with van der Waals surface area (Å²) in [6.45, 7) is 9.15. The van der Waals surface area contributed by atoms with Crippen LogP contribution in [0.4, 0.5) is 5.82 Å². The highest BCUT2D eigenvalue weighted by atomic mass is 16.1. The van der Waals surface area contributed by atoms with Gasteiger partial charge in [0.25, 0.3) is 5.56 Å². The Morgan fingerprint density at radius 2 is 2.10 bits per heavy atom. The minimum Gasteiger partial charge on any atom is -0.365 e. The first-order valence-corrected chi connectivity index (χ1v) is 7.52. The second kappa shape index (κ2) is 8.44. The van der Waals surface area contributed by atoms with Crippen LogP contribution < -0.4 is 16.2 Å². The first-order valence-electron chi connectivity index (χ1n) is 7.52. The number of hydrogen-bond acceptors (Lipinski definition) is 4. The maximum Gasteiger partial charge on any atom is 0.293 e. The van der Waals surface area contributed by atoms with Gasteiger partial charge in [0.15, 0.2) is 5.82 Å². The van der Waals surface area contributed by atoms with Crippen LogP contribution in [0.25, 0.3) is 0 Å². The maximum atomic E-state index is 12.1. The SMILES string of the molecule is CCC(C)NC(=O)CCNc1nccn(CC(C)C)c1=O. The molecule has 1 amide bonds. The fourth-order valence-electron chi connectivity index (χ4n) is 1.85. The topological polar surface area (TPSA) is 76.0 Å². The lowest BCUT2D eigenvalue weighted by Crippen LogP contribution is -2.33. The molecule has 2 N–H and O–H groups in total. The Hall–Kier alpha value is -1.85. The Kier molecular flexibility index (Phi) is 6.91. The van der Waals surface area contributed by atoms with E-state index < -0.39 is 0 Å². The highest BCUT2D eigenvalue weighted by molar-refractivity contribution is 5.76. The molecule has 0 aliphatic carbocycles. The van der Waals surface area contributed by atoms with E-state index in [-0.39, 0.29) is 17.5 Å². The molecule has 0 aromatic carbocycles. The van der Waals surface area contributed by atoms with Crippen molar-refractivity contribution in [3.8, 4) is 0 Å². The third-order valence-electron chi connectivity index (χ3n) is 3.14. The molecule has 0 saturated carbocycles. The van der Waals surface area contributed by atoms with E-state index in [9.17, 15) is 9.59 Å². The lowest BCUT2D eigenvalue weighted by atomic mass is 10.2. The minimum atomic E-state index is -0.145. The van der Waals surface area contributed by atoms with E-state index in [2.05, 4.69) is 29.5 Å². The molecule has 6 nitrogen and oxygen atoms in total. The monoisotopic (exact) mass is 294 g/mol. The van der Waals surface area contributed by atoms with Crippen molar-refractivity contribution in [2.45, 2.75) is 53.1 Å². The van der Waals surface area contributed by atoms with Gasteiger partial charge in [-0.1, -0.05) is 20.8 Å². The Balaban J connectivity index is 2.52. The first-order chi connectivity index (χ1) is 9.93. The van der Waals surface area contributed by atoms with Crippen LogP contribution in [-0.2, 0) is 11.3 Å². The molecule has 1 atom stereocenters. The standard InChI is InChI=1S/C15H26N4O2/c1-5-12(4)18-13(20)6-7-16-14-15(21)19(9-8-17-14)10-11(2)3/h8-9,11-12H,5-7,10H2,1-4H3,(H,16,17)(H,18,20). The predicted octanol–water partition coefficient (Wildman–Crippen LogP) is 1.62. The van der Waals surface area contributed by atoms with Gasteiger partial charge in [0, 0.05) is 37.9 Å². The van der Waals surface area contributed by atoms with Crippen molar-refractivity contribution in [3.63, 3.8) is 0 Å². The van der Waals surface area contributed by atoms with Gasteiger partial charge in [-0.05, 0) is 19.3 Å². The molecule has 0 saturated heterocycles. The maximum absolute atomic E-state index is 12.1. The van der Waals surface area contributed by atoms with Gasteiger partial charge < -0.3 is 15.2 Å². The van der Waals surface area contributed by atoms with Gasteiger partial charge in [-0.3, -0.25) is 9.59 Å². The average molecular weight is 294 g/mol. The quantitative estimate of drug-likeness (QED) is 0.764. The molecule has 0 spiro atoms. The summed E-state index contributed by atoms with van der Waals surface area (Å²) in [5.41, 5.74) is -0.145. The Bertz CT molecular complexity index is 511. The van der Waals surface area contributed by atoms with E-state index in [1.165, 1.54) is 0 Å². The summed E-state index contributed by atoms with van der Waals surface area (Å²) in [6.07, 6.45) is 4.51. The molecule has 118 valence electrons. The van der Waals surface area contributed by atoms with Crippen LogP contribution in [0.1, 0.15) is 40.5 Å². The van der Waals surface area contributed by atoms with E-state index in [4.69, 9.17) is 0 Å². The Morgan fingerprint density at radius 1 is 1.38 bits per heavy atom. The van der Waals surface area contributed by atoms with Crippen molar-refractivity contribution < 1.29 is 4.79 Å². The number of hydrogen-bond donors (Lipinski definition) is 2. The van der Waals surface area contributed by atoms with Crippen LogP contribution in [0.15, 0.2) is 17.2 Å². The van der Waals surface area contributed by atoms with Gasteiger partial charge in [0.05, 0.1) is 0 Å². The summed E-state index contributed by atoms with van der Waals surface area (Å²) in [4.78, 5) is 27.8. The molecular formula is C15H26N4O2. The molecule has 0 bridgehead atoms. The third-order valence-corrected chi connectivity index (χ3v) is 3.14. The minimum absolute atomic E-state index is 0.0183. The Labute approximate surface area is 126 Å². The molecule has 0 fully saturated rings. The van der Waals surface area contributed by atoms with Crippen molar-refractivity contribution >= 4 is 11.7 Å². The fourth-order valence-corrected chi connectivity index (χ4v) is 1.85. The zero-order valence-corrected chi connectivity index (χ0v) is 13.3. The lowest BCUT2D eigenvalue weighted by molar-refractivity contribution is -0.121. The van der Waals surface area contributed by atoms with Gasteiger partial charge in [0.1, 0.15) is 0 Å². The second-order valence-corrected chi connectivity index (χ2v) is 5.68. The van der Waals surface area contributed by atoms with Crippen molar-refractivity contribution in [2.24, 2.45) is 5.92 Å². The molecule has 1 aromatic heterocycles. The smallest absolute Gasteiger partial charge is 0.293 e. The van der Waals surface area contributed by atoms with Crippen LogP contribution >= 0.6 is 0 Å². The van der Waals surface area contributed by atoms with E-state index in [0.29, 0.717) is 31.2 Å². The zero-order chi connectivity index (χ0) is 15.8. The molecule has 1 rings (SSSR count). The molecule has 0 radical (unpaired) electrons. The van der Waals surface area contributed by atoms with Crippen molar-refractivity contribution in [2.75, 3.05) is 11.9 Å². The molecule has 1 unspecified atom stereocenters. The average Bonchev–Trinajstić information content (AvgIpc) is 2.42. The highest BCUT2D eigenvalue weighted by Crippen LogP contribution is 1.99. The largest absolute Gasteiger partial charge is 0.365 e. The fraction of sp³-hybridized carbons (Fsp3) is 0.667. The number of amides is 1. The number of carbonyl (C=O) groups is 1. The summed E-state index contributed by atoms with van der Waals surface area (Å²) >= 11 is 0. The van der Waals surface area contributed by atoms with Crippen LogP contribution in [-0.4, -0.2) is 28.0 Å². The third kappa shape index (κ3) is 5.97. The molecule has 1 heterocycles. The van der Waals surface area contributed by atoms with E-state index in [1.807, 2.05) is 13.8 Å². The molecule has 21 heavy (non-hydrogen) atoms. The Morgan fingerprint density at radius 3 is 2.71 bits per heavy atom. The number of nitrogens with one attached hydrogen (secondary N) is 2. The molecule has 1 aromatic rings. The summed E-state index contributed by atoms with van der Waals surface area (Å²) < 4.78 is 1.64. The summed E-state index contributed by atoms with van der Waals surface area (Å²) in [5.74, 6) is 0.670. The van der Waals surface area contributed by atoms with Crippen LogP contribution in [0.5, 0.6) is 0 Å². The van der Waals surface area contributed by atoms with E-state index in [1.54, 1.807) is 17.0 Å². The zero-order valence-electron chi connectivity index (χ0n) is 13.3. The molecule has 6 heteroatoms. The predicted molar refractivity (Wildman–Crippen MR) is 84.3 cm³/mol. The number of nitrogens with zero attached hydrogens (tertiary/aromatic N) is 2. The summed E-state index contributed by atoms with van der Waals surface area (Å²) in [7, 11) is 0. The molecule has 0 aliphatic rings. The van der Waals surface area contributed by atoms with Crippen molar-refractivity contribution in [1.29, 1.82) is 0 Å². The van der Waals surface area contributed by atoms with E-state index >= 15 is 0 Å². The number of carbonyl (C=O) groups excluding carboxylic acids is 1. The van der Waals surface area contributed by atoms with Crippen LogP contribution in [0.3, 0.4) is 0 Å². The lowest BCUT2D eigenvalue weighted by Gasteiger charge is -2.12. The van der Waals surface area contributed by atoms with Crippen molar-refractivity contribution in [1.82, 2.24) is 14.9 Å². The normalized spacial score (nSPS) is 12.2. The van der Waals surface area contributed by atoms with Gasteiger partial charge in [-0.2, -0.15) is 0 Å². The van der Waals surface area contributed by atoms with Crippen LogP contribution in [0, 0.1) is 5.92 Å². The summed E-state index contributed by atoms with van der Waals surface area (Å²) in [5, 5.41) is 5.83. The highest BCUT2D eigenvalue weighted by Gasteiger charge is 2.08. The van der Waals surface area contributed by atoms with Crippen LogP contribution in [0.2, 0.25) is 0 Å². The summed E-state index contributed by atoms with van der Waals surface area (Å²) in [6, 6.07) is 0.176. The second-order valence-electron chi connectivity index (χ2n) is 5.68. The van der Waals surface area contributed by atoms with Gasteiger partial charge in [-0.25, -0.2) is 4.98 Å². The molecular weight excluding hydrogens is 268 g/mol. The first kappa shape index (κ1) is 17.2. The number of aromatic nitrogens is 2. The van der Waals surface area contributed by atoms with Gasteiger partial charge in [-0.15, -0.1) is 0 Å². The van der Waals surface area contributed by atoms with Gasteiger partial charge in [0.2, 0.25) is 5.91 Å². The van der Waals surface area contributed by atoms with E-state index in [0.717, 1.165) is 6.42 Å². The molecule has 0 aliphatic heterocycles. The van der Waals surface area contributed by atoms with Gasteiger partial charge >= 0.3 is 0 Å². The van der Waals surface area contributed by atoms with Crippen molar-refractivity contribution in [3.05, 3.63) is 22.7 Å². The number of rotatable bonds is 8.